The van der Waals surface area contributed by atoms with Crippen molar-refractivity contribution in [2.24, 2.45) is 11.8 Å². The summed E-state index contributed by atoms with van der Waals surface area (Å²) in [7, 11) is 0. The van der Waals surface area contributed by atoms with Crippen molar-refractivity contribution in [2.45, 2.75) is 39.5 Å². The molecule has 2 atom stereocenters. The second-order valence-corrected chi connectivity index (χ2v) is 6.60. The number of rotatable bonds is 4. The molecule has 0 spiro atoms. The summed E-state index contributed by atoms with van der Waals surface area (Å²) in [5, 5.41) is 12.2. The minimum Gasteiger partial charge on any atom is -0.481 e. The van der Waals surface area contributed by atoms with Crippen molar-refractivity contribution in [1.82, 2.24) is 0 Å². The smallest absolute Gasteiger partial charge is 0.306 e. The molecule has 3 heteroatoms. The predicted molar refractivity (Wildman–Crippen MR) is 77.6 cm³/mol. The fraction of sp³-hybridized carbons (Fsp3) is 0.562. The molecule has 1 fully saturated rings. The lowest BCUT2D eigenvalue weighted by Crippen LogP contribution is -2.13. The third-order valence-electron chi connectivity index (χ3n) is 3.89. The quantitative estimate of drug-likeness (QED) is 0.873. The monoisotopic (exact) mass is 261 g/mol. The van der Waals surface area contributed by atoms with Crippen molar-refractivity contribution >= 4 is 11.7 Å². The SMILES string of the molecule is Cc1cc(C(C)(C)C)ccc1NCC1CC1C(=O)O. The van der Waals surface area contributed by atoms with E-state index in [1.165, 1.54) is 11.1 Å². The van der Waals surface area contributed by atoms with Gasteiger partial charge in [-0.15, -0.1) is 0 Å². The average Bonchev–Trinajstić information content (AvgIpc) is 3.05. The Morgan fingerprint density at radius 2 is 2.11 bits per heavy atom. The third kappa shape index (κ3) is 3.28. The van der Waals surface area contributed by atoms with Gasteiger partial charge in [-0.25, -0.2) is 0 Å². The standard InChI is InChI=1S/C16H23NO2/c1-10-7-12(16(2,3)4)5-6-14(10)17-9-11-8-13(11)15(18)19/h5-7,11,13,17H,8-9H2,1-4H3,(H,18,19). The number of carbonyl (C=O) groups is 1. The van der Waals surface area contributed by atoms with Crippen LogP contribution in [0.25, 0.3) is 0 Å². The Bertz CT molecular complexity index is 488. The van der Waals surface area contributed by atoms with E-state index in [1.807, 2.05) is 0 Å². The highest BCUT2D eigenvalue weighted by Crippen LogP contribution is 2.38. The Labute approximate surface area is 115 Å². The zero-order valence-electron chi connectivity index (χ0n) is 12.2. The van der Waals surface area contributed by atoms with Gasteiger partial charge in [-0.2, -0.15) is 0 Å². The Kier molecular flexibility index (Phi) is 3.57. The number of carboxylic acid groups (broad SMARTS) is 1. The summed E-state index contributed by atoms with van der Waals surface area (Å²) in [6.45, 7) is 9.47. The van der Waals surface area contributed by atoms with Crippen LogP contribution in [0.1, 0.15) is 38.3 Å². The summed E-state index contributed by atoms with van der Waals surface area (Å²) in [5.41, 5.74) is 3.82. The van der Waals surface area contributed by atoms with Crippen LogP contribution in [0.3, 0.4) is 0 Å². The Balaban J connectivity index is 1.97. The van der Waals surface area contributed by atoms with Crippen LogP contribution in [0.2, 0.25) is 0 Å². The Morgan fingerprint density at radius 1 is 1.42 bits per heavy atom. The van der Waals surface area contributed by atoms with Gasteiger partial charge in [-0.3, -0.25) is 4.79 Å². The summed E-state index contributed by atoms with van der Waals surface area (Å²) < 4.78 is 0. The van der Waals surface area contributed by atoms with Crippen molar-refractivity contribution in [3.05, 3.63) is 29.3 Å². The minimum atomic E-state index is -0.661. The van der Waals surface area contributed by atoms with Crippen LogP contribution in [-0.2, 0) is 10.2 Å². The second kappa shape index (κ2) is 4.87. The number of anilines is 1. The van der Waals surface area contributed by atoms with Crippen LogP contribution in [-0.4, -0.2) is 17.6 Å². The molecule has 0 aliphatic heterocycles. The first-order valence-electron chi connectivity index (χ1n) is 6.87. The molecule has 19 heavy (non-hydrogen) atoms. The van der Waals surface area contributed by atoms with Crippen molar-refractivity contribution in [1.29, 1.82) is 0 Å². The molecule has 104 valence electrons. The fourth-order valence-electron chi connectivity index (χ4n) is 2.35. The first-order chi connectivity index (χ1) is 8.79. The first-order valence-corrected chi connectivity index (χ1v) is 6.87. The molecular formula is C16H23NO2. The zero-order chi connectivity index (χ0) is 14.2. The maximum atomic E-state index is 10.8. The number of hydrogen-bond acceptors (Lipinski definition) is 2. The molecule has 2 rings (SSSR count). The van der Waals surface area contributed by atoms with Crippen molar-refractivity contribution in [2.75, 3.05) is 11.9 Å². The molecule has 0 bridgehead atoms. The lowest BCUT2D eigenvalue weighted by atomic mass is 9.86. The predicted octanol–water partition coefficient (Wildman–Crippen LogP) is 3.43. The molecule has 0 amide bonds. The highest BCUT2D eigenvalue weighted by Gasteiger charge is 2.42. The van der Waals surface area contributed by atoms with Gasteiger partial charge >= 0.3 is 5.97 Å². The number of nitrogens with one attached hydrogen (secondary N) is 1. The average molecular weight is 261 g/mol. The lowest BCUT2D eigenvalue weighted by Gasteiger charge is -2.21. The second-order valence-electron chi connectivity index (χ2n) is 6.60. The summed E-state index contributed by atoms with van der Waals surface area (Å²) in [6, 6.07) is 6.47. The molecule has 2 N–H and O–H groups in total. The van der Waals surface area contributed by atoms with Crippen LogP contribution < -0.4 is 5.32 Å². The number of aliphatic carboxylic acids is 1. The van der Waals surface area contributed by atoms with Gasteiger partial charge in [-0.1, -0.05) is 32.9 Å². The maximum absolute atomic E-state index is 10.8. The van der Waals surface area contributed by atoms with E-state index in [9.17, 15) is 4.79 Å². The molecule has 1 saturated carbocycles. The fourth-order valence-corrected chi connectivity index (χ4v) is 2.35. The van der Waals surface area contributed by atoms with E-state index in [1.54, 1.807) is 0 Å². The summed E-state index contributed by atoms with van der Waals surface area (Å²) >= 11 is 0. The topological polar surface area (TPSA) is 49.3 Å². The van der Waals surface area contributed by atoms with Gasteiger partial charge in [-0.05, 0) is 41.9 Å². The third-order valence-corrected chi connectivity index (χ3v) is 3.89. The van der Waals surface area contributed by atoms with E-state index in [0.29, 0.717) is 5.92 Å². The molecule has 0 radical (unpaired) electrons. The highest BCUT2D eigenvalue weighted by molar-refractivity contribution is 5.73. The van der Waals surface area contributed by atoms with Crippen LogP contribution >= 0.6 is 0 Å². The molecule has 1 aromatic carbocycles. The Hall–Kier alpha value is -1.51. The van der Waals surface area contributed by atoms with Gasteiger partial charge in [0.15, 0.2) is 0 Å². The first kappa shape index (κ1) is 13.9. The van der Waals surface area contributed by atoms with E-state index < -0.39 is 5.97 Å². The van der Waals surface area contributed by atoms with E-state index in [2.05, 4.69) is 51.2 Å². The highest BCUT2D eigenvalue weighted by atomic mass is 16.4. The van der Waals surface area contributed by atoms with Gasteiger partial charge < -0.3 is 10.4 Å². The molecule has 2 unspecified atom stereocenters. The summed E-state index contributed by atoms with van der Waals surface area (Å²) in [5.74, 6) is -0.507. The molecule has 1 aliphatic rings. The zero-order valence-corrected chi connectivity index (χ0v) is 12.2. The lowest BCUT2D eigenvalue weighted by molar-refractivity contribution is -0.138. The molecule has 1 aromatic rings. The normalized spacial score (nSPS) is 22.1. The number of benzene rings is 1. The van der Waals surface area contributed by atoms with Gasteiger partial charge in [0.1, 0.15) is 0 Å². The van der Waals surface area contributed by atoms with Crippen molar-refractivity contribution < 1.29 is 9.90 Å². The molecular weight excluding hydrogens is 238 g/mol. The number of aryl methyl sites for hydroxylation is 1. The number of hydrogen-bond donors (Lipinski definition) is 2. The van der Waals surface area contributed by atoms with Gasteiger partial charge in [0, 0.05) is 12.2 Å². The summed E-state index contributed by atoms with van der Waals surface area (Å²) in [4.78, 5) is 10.8. The molecule has 0 heterocycles. The van der Waals surface area contributed by atoms with E-state index in [4.69, 9.17) is 5.11 Å². The van der Waals surface area contributed by atoms with Gasteiger partial charge in [0.25, 0.3) is 0 Å². The van der Waals surface area contributed by atoms with Crippen LogP contribution in [0.5, 0.6) is 0 Å². The maximum Gasteiger partial charge on any atom is 0.306 e. The van der Waals surface area contributed by atoms with Crippen molar-refractivity contribution in [3.63, 3.8) is 0 Å². The van der Waals surface area contributed by atoms with Crippen molar-refractivity contribution in [3.8, 4) is 0 Å². The van der Waals surface area contributed by atoms with Crippen LogP contribution in [0.4, 0.5) is 5.69 Å². The molecule has 0 saturated heterocycles. The van der Waals surface area contributed by atoms with Gasteiger partial charge in [0.05, 0.1) is 5.92 Å². The van der Waals surface area contributed by atoms with Crippen LogP contribution in [0.15, 0.2) is 18.2 Å². The van der Waals surface area contributed by atoms with E-state index in [-0.39, 0.29) is 11.3 Å². The molecule has 1 aliphatic carbocycles. The van der Waals surface area contributed by atoms with Crippen LogP contribution in [0, 0.1) is 18.8 Å². The minimum absolute atomic E-state index is 0.137. The van der Waals surface area contributed by atoms with E-state index >= 15 is 0 Å². The summed E-state index contributed by atoms with van der Waals surface area (Å²) in [6.07, 6.45) is 0.807. The number of carboxylic acids is 1. The molecule has 0 aromatic heterocycles. The largest absolute Gasteiger partial charge is 0.481 e. The van der Waals surface area contributed by atoms with Gasteiger partial charge in [0.2, 0.25) is 0 Å². The van der Waals surface area contributed by atoms with E-state index in [0.717, 1.165) is 18.7 Å². The molecule has 3 nitrogen and oxygen atoms in total. The Morgan fingerprint density at radius 3 is 2.58 bits per heavy atom.